The van der Waals surface area contributed by atoms with E-state index in [1.54, 1.807) is 13.2 Å². The van der Waals surface area contributed by atoms with Crippen molar-refractivity contribution in [3.8, 4) is 16.9 Å². The van der Waals surface area contributed by atoms with Gasteiger partial charge in [0.25, 0.3) is 0 Å². The van der Waals surface area contributed by atoms with Crippen LogP contribution in [-0.2, 0) is 11.2 Å². The molecule has 1 amide bonds. The molecule has 3 saturated heterocycles. The predicted molar refractivity (Wildman–Crippen MR) is 131 cm³/mol. The maximum atomic E-state index is 15.4. The van der Waals surface area contributed by atoms with Crippen molar-refractivity contribution in [1.82, 2.24) is 10.2 Å². The third-order valence-corrected chi connectivity index (χ3v) is 8.06. The summed E-state index contributed by atoms with van der Waals surface area (Å²) in [4.78, 5) is 15.3. The highest BCUT2D eigenvalue weighted by molar-refractivity contribution is 5.72. The Balaban J connectivity index is 1.39. The molecule has 0 saturated carbocycles. The zero-order valence-corrected chi connectivity index (χ0v) is 20.8. The molecule has 3 aliphatic heterocycles. The van der Waals surface area contributed by atoms with Gasteiger partial charge < -0.3 is 14.8 Å². The van der Waals surface area contributed by atoms with Gasteiger partial charge in [-0.15, -0.1) is 0 Å². The lowest BCUT2D eigenvalue weighted by molar-refractivity contribution is -0.0349. The molecule has 1 unspecified atom stereocenters. The summed E-state index contributed by atoms with van der Waals surface area (Å²) in [6, 6.07) is 7.20. The number of fused-ring (bicyclic) bond motifs is 4. The Morgan fingerprint density at radius 3 is 2.38 bits per heavy atom. The fourth-order valence-corrected chi connectivity index (χ4v) is 6.32. The van der Waals surface area contributed by atoms with Crippen LogP contribution in [0.3, 0.4) is 0 Å². The number of carbonyl (C=O) groups is 1. The highest BCUT2D eigenvalue weighted by Crippen LogP contribution is 2.47. The van der Waals surface area contributed by atoms with E-state index >= 15 is 4.39 Å². The third-order valence-electron chi connectivity index (χ3n) is 8.06. The number of amides is 1. The summed E-state index contributed by atoms with van der Waals surface area (Å²) in [5.41, 5.74) is 5.05. The molecule has 34 heavy (non-hydrogen) atoms. The summed E-state index contributed by atoms with van der Waals surface area (Å²) in [5.74, 6) is 1.01. The van der Waals surface area contributed by atoms with Crippen molar-refractivity contribution in [2.45, 2.75) is 59.1 Å². The van der Waals surface area contributed by atoms with Crippen molar-refractivity contribution in [3.63, 3.8) is 0 Å². The maximum absolute atomic E-state index is 15.4. The van der Waals surface area contributed by atoms with Crippen molar-refractivity contribution < 1.29 is 18.7 Å². The Labute approximate surface area is 201 Å². The Morgan fingerprint density at radius 2 is 1.79 bits per heavy atom. The van der Waals surface area contributed by atoms with Gasteiger partial charge in [-0.3, -0.25) is 4.90 Å². The summed E-state index contributed by atoms with van der Waals surface area (Å²) < 4.78 is 26.8. The molecule has 1 aliphatic carbocycles. The van der Waals surface area contributed by atoms with Crippen molar-refractivity contribution in [1.29, 1.82) is 0 Å². The number of aryl methyl sites for hydroxylation is 2. The number of hydrogen-bond donors (Lipinski definition) is 1. The van der Waals surface area contributed by atoms with E-state index in [1.807, 2.05) is 32.0 Å². The smallest absolute Gasteiger partial charge is 0.407 e. The van der Waals surface area contributed by atoms with E-state index in [1.165, 1.54) is 0 Å². The second-order valence-corrected chi connectivity index (χ2v) is 11.0. The fraction of sp³-hybridized carbons (Fsp3) is 0.536. The Kier molecular flexibility index (Phi) is 5.83. The highest BCUT2D eigenvalue weighted by Gasteiger charge is 2.42. The molecule has 0 aromatic heterocycles. The molecule has 2 aromatic carbocycles. The molecule has 2 bridgehead atoms. The number of halogens is 1. The lowest BCUT2D eigenvalue weighted by atomic mass is 9.85. The van der Waals surface area contributed by atoms with Gasteiger partial charge in [-0.25, -0.2) is 9.18 Å². The van der Waals surface area contributed by atoms with Crippen LogP contribution in [0.2, 0.25) is 0 Å². The summed E-state index contributed by atoms with van der Waals surface area (Å²) >= 11 is 0. The van der Waals surface area contributed by atoms with E-state index in [9.17, 15) is 4.79 Å². The first-order chi connectivity index (χ1) is 16.2. The van der Waals surface area contributed by atoms with Crippen LogP contribution < -0.4 is 10.1 Å². The number of hydrogen-bond acceptors (Lipinski definition) is 4. The van der Waals surface area contributed by atoms with E-state index in [4.69, 9.17) is 9.47 Å². The van der Waals surface area contributed by atoms with Gasteiger partial charge in [-0.05, 0) is 110 Å². The van der Waals surface area contributed by atoms with E-state index < -0.39 is 6.09 Å². The van der Waals surface area contributed by atoms with Crippen LogP contribution in [0.25, 0.3) is 11.1 Å². The van der Waals surface area contributed by atoms with Crippen LogP contribution in [0.15, 0.2) is 24.3 Å². The minimum atomic E-state index is -0.393. The number of rotatable bonds is 4. The number of piperidine rings is 3. The SMILES string of the molecule is COc1c(C)cc(-c2cc3c(cc2F)C(NC(=O)O[C@H]2CN4CCC2CC4)C(C)(C)C3)cc1C. The molecule has 3 fully saturated rings. The van der Waals surface area contributed by atoms with Gasteiger partial charge in [-0.1, -0.05) is 13.8 Å². The minimum absolute atomic E-state index is 0.0489. The zero-order valence-electron chi connectivity index (χ0n) is 20.8. The van der Waals surface area contributed by atoms with Gasteiger partial charge in [0, 0.05) is 12.1 Å². The van der Waals surface area contributed by atoms with Crippen LogP contribution in [0.1, 0.15) is 55.0 Å². The molecule has 5 nitrogen and oxygen atoms in total. The van der Waals surface area contributed by atoms with Crippen LogP contribution in [-0.4, -0.2) is 43.8 Å². The number of nitrogens with one attached hydrogen (secondary N) is 1. The lowest BCUT2D eigenvalue weighted by Gasteiger charge is -2.44. The molecule has 6 heteroatoms. The monoisotopic (exact) mass is 466 g/mol. The van der Waals surface area contributed by atoms with Crippen LogP contribution in [0, 0.1) is 31.0 Å². The summed E-state index contributed by atoms with van der Waals surface area (Å²) in [7, 11) is 1.65. The Bertz CT molecular complexity index is 1100. The third kappa shape index (κ3) is 4.06. The number of benzene rings is 2. The average Bonchev–Trinajstić information content (AvgIpc) is 3.02. The van der Waals surface area contributed by atoms with Crippen LogP contribution in [0.5, 0.6) is 5.75 Å². The molecule has 0 radical (unpaired) electrons. The van der Waals surface area contributed by atoms with Gasteiger partial charge in [0.1, 0.15) is 17.7 Å². The van der Waals surface area contributed by atoms with Crippen molar-refractivity contribution in [2.24, 2.45) is 11.3 Å². The molecular weight excluding hydrogens is 431 g/mol. The normalized spacial score (nSPS) is 26.8. The molecule has 6 rings (SSSR count). The standard InChI is InChI=1S/C28H35FN2O3/c1-16-10-19(11-17(2)25(16)33-5)21-12-20-14-28(3,4)26(22(20)13-23(21)29)30-27(32)34-24-15-31-8-6-18(24)7-9-31/h10-13,18,24,26H,6-9,14-15H2,1-5H3,(H,30,32)/t24-,26?/m0/s1. The van der Waals surface area contributed by atoms with Gasteiger partial charge in [-0.2, -0.15) is 0 Å². The number of alkyl carbamates (subject to hydrolysis) is 1. The summed E-state index contributed by atoms with van der Waals surface area (Å²) in [5, 5.41) is 3.09. The Hall–Kier alpha value is -2.60. The molecule has 4 aliphatic rings. The van der Waals surface area contributed by atoms with Gasteiger partial charge >= 0.3 is 6.09 Å². The zero-order chi connectivity index (χ0) is 24.2. The predicted octanol–water partition coefficient (Wildman–Crippen LogP) is 5.56. The van der Waals surface area contributed by atoms with E-state index in [0.29, 0.717) is 11.5 Å². The molecule has 2 aromatic rings. The first-order valence-corrected chi connectivity index (χ1v) is 12.3. The first-order valence-electron chi connectivity index (χ1n) is 12.3. The van der Waals surface area contributed by atoms with Gasteiger partial charge in [0.05, 0.1) is 13.2 Å². The molecular formula is C28H35FN2O3. The topological polar surface area (TPSA) is 50.8 Å². The van der Waals surface area contributed by atoms with Crippen LogP contribution in [0.4, 0.5) is 9.18 Å². The fourth-order valence-electron chi connectivity index (χ4n) is 6.32. The van der Waals surface area contributed by atoms with Crippen molar-refractivity contribution >= 4 is 6.09 Å². The Morgan fingerprint density at radius 1 is 1.12 bits per heavy atom. The average molecular weight is 467 g/mol. The van der Waals surface area contributed by atoms with Crippen molar-refractivity contribution in [3.05, 3.63) is 52.3 Å². The molecule has 0 spiro atoms. The minimum Gasteiger partial charge on any atom is -0.496 e. The first kappa shape index (κ1) is 23.2. The number of methoxy groups -OCH3 is 1. The summed E-state index contributed by atoms with van der Waals surface area (Å²) in [6.07, 6.45) is 2.50. The van der Waals surface area contributed by atoms with E-state index in [2.05, 4.69) is 24.1 Å². The van der Waals surface area contributed by atoms with Gasteiger partial charge in [0.15, 0.2) is 0 Å². The molecule has 3 heterocycles. The van der Waals surface area contributed by atoms with Crippen LogP contribution >= 0.6 is 0 Å². The number of ether oxygens (including phenoxy) is 2. The van der Waals surface area contributed by atoms with E-state index in [0.717, 1.165) is 72.5 Å². The summed E-state index contributed by atoms with van der Waals surface area (Å²) in [6.45, 7) is 11.2. The largest absolute Gasteiger partial charge is 0.496 e. The molecule has 2 atom stereocenters. The number of carbonyl (C=O) groups excluding carboxylic acids is 1. The second-order valence-electron chi connectivity index (χ2n) is 11.0. The maximum Gasteiger partial charge on any atom is 0.407 e. The molecule has 1 N–H and O–H groups in total. The van der Waals surface area contributed by atoms with Crippen molar-refractivity contribution in [2.75, 3.05) is 26.7 Å². The highest BCUT2D eigenvalue weighted by atomic mass is 19.1. The molecule has 182 valence electrons. The second kappa shape index (κ2) is 8.56. The lowest BCUT2D eigenvalue weighted by Crippen LogP contribution is -2.53. The van der Waals surface area contributed by atoms with E-state index in [-0.39, 0.29) is 23.4 Å². The number of nitrogens with zero attached hydrogens (tertiary/aromatic N) is 1. The van der Waals surface area contributed by atoms with Gasteiger partial charge in [0.2, 0.25) is 0 Å². The quantitative estimate of drug-likeness (QED) is 0.641.